The molecule has 0 bridgehead atoms. The highest BCUT2D eigenvalue weighted by atomic mass is 32.2. The van der Waals surface area contributed by atoms with Crippen LogP contribution in [0.5, 0.6) is 5.75 Å². The third-order valence-electron chi connectivity index (χ3n) is 6.54. The quantitative estimate of drug-likeness (QED) is 0.208. The minimum atomic E-state index is -3.83. The van der Waals surface area contributed by atoms with Gasteiger partial charge in [0.15, 0.2) is 0 Å². The molecule has 0 spiro atoms. The molecular formula is C28H35N5O4S. The molecule has 0 aliphatic carbocycles. The zero-order valence-corrected chi connectivity index (χ0v) is 22.5. The minimum Gasteiger partial charge on any atom is -0.494 e. The fraction of sp³-hybridized carbons (Fsp3) is 0.393. The first-order valence-corrected chi connectivity index (χ1v) is 14.4. The second-order valence-corrected chi connectivity index (χ2v) is 11.1. The number of nitrogens with zero attached hydrogens (tertiary/aromatic N) is 3. The first-order valence-electron chi connectivity index (χ1n) is 12.9. The molecule has 1 aliphatic rings. The Morgan fingerprint density at radius 3 is 2.50 bits per heavy atom. The second kappa shape index (κ2) is 12.9. The van der Waals surface area contributed by atoms with E-state index in [9.17, 15) is 13.2 Å². The maximum atomic E-state index is 13.3. The fourth-order valence-corrected chi connectivity index (χ4v) is 5.76. The summed E-state index contributed by atoms with van der Waals surface area (Å²) in [6, 6.07) is 13.1. The van der Waals surface area contributed by atoms with Crippen molar-refractivity contribution in [1.82, 2.24) is 24.6 Å². The van der Waals surface area contributed by atoms with Gasteiger partial charge in [0.05, 0.1) is 23.6 Å². The van der Waals surface area contributed by atoms with Crippen molar-refractivity contribution in [1.29, 1.82) is 0 Å². The van der Waals surface area contributed by atoms with Crippen molar-refractivity contribution >= 4 is 26.8 Å². The summed E-state index contributed by atoms with van der Waals surface area (Å²) < 4.78 is 33.8. The van der Waals surface area contributed by atoms with Gasteiger partial charge in [-0.25, -0.2) is 17.8 Å². The van der Waals surface area contributed by atoms with Crippen molar-refractivity contribution in [3.05, 3.63) is 60.3 Å². The molecule has 3 aromatic rings. The second-order valence-electron chi connectivity index (χ2n) is 9.27. The molecule has 1 fully saturated rings. The Morgan fingerprint density at radius 1 is 1.05 bits per heavy atom. The van der Waals surface area contributed by atoms with Gasteiger partial charge in [-0.2, -0.15) is 0 Å². The van der Waals surface area contributed by atoms with E-state index >= 15 is 0 Å². The van der Waals surface area contributed by atoms with E-state index in [0.717, 1.165) is 51.0 Å². The molecule has 0 atom stereocenters. The van der Waals surface area contributed by atoms with Gasteiger partial charge in [0.25, 0.3) is 15.9 Å². The lowest BCUT2D eigenvalue weighted by atomic mass is 10.2. The molecule has 1 aromatic heterocycles. The SMILES string of the molecule is C#CCN1CCN(CCCOc2ccc3c(ccn3S(=O)(=O)c3ccc(C(=O)NNCCC)cc3)c2)CC1. The molecule has 2 heterocycles. The van der Waals surface area contributed by atoms with E-state index in [2.05, 4.69) is 26.6 Å². The van der Waals surface area contributed by atoms with Gasteiger partial charge < -0.3 is 9.64 Å². The Kier molecular flexibility index (Phi) is 9.42. The molecule has 1 amide bonds. The highest BCUT2D eigenvalue weighted by Gasteiger charge is 2.20. The molecule has 2 N–H and O–H groups in total. The number of aromatic nitrogens is 1. The number of amides is 1. The highest BCUT2D eigenvalue weighted by molar-refractivity contribution is 7.90. The number of benzene rings is 2. The Hall–Kier alpha value is -3.36. The van der Waals surface area contributed by atoms with Gasteiger partial charge in [0.2, 0.25) is 0 Å². The molecule has 38 heavy (non-hydrogen) atoms. The summed E-state index contributed by atoms with van der Waals surface area (Å²) in [4.78, 5) is 17.0. The molecule has 4 rings (SSSR count). The van der Waals surface area contributed by atoms with Crippen LogP contribution in [0.25, 0.3) is 10.9 Å². The van der Waals surface area contributed by atoms with Crippen molar-refractivity contribution in [2.75, 3.05) is 52.4 Å². The van der Waals surface area contributed by atoms with E-state index in [0.29, 0.717) is 36.5 Å². The van der Waals surface area contributed by atoms with Gasteiger partial charge in [-0.05, 0) is 61.4 Å². The lowest BCUT2D eigenvalue weighted by molar-refractivity contribution is 0.0933. The number of hydrazine groups is 1. The summed E-state index contributed by atoms with van der Waals surface area (Å²) in [6.45, 7) is 8.94. The Morgan fingerprint density at radius 2 is 1.79 bits per heavy atom. The summed E-state index contributed by atoms with van der Waals surface area (Å²) in [5, 5.41) is 0.772. The molecular weight excluding hydrogens is 502 g/mol. The lowest BCUT2D eigenvalue weighted by Crippen LogP contribution is -2.46. The number of carbonyl (C=O) groups is 1. The molecule has 9 nitrogen and oxygen atoms in total. The van der Waals surface area contributed by atoms with Gasteiger partial charge in [-0.3, -0.25) is 15.1 Å². The van der Waals surface area contributed by atoms with Crippen molar-refractivity contribution < 1.29 is 17.9 Å². The Bertz CT molecular complexity index is 1370. The minimum absolute atomic E-state index is 0.105. The van der Waals surface area contributed by atoms with E-state index in [-0.39, 0.29) is 10.8 Å². The van der Waals surface area contributed by atoms with Crippen LogP contribution >= 0.6 is 0 Å². The van der Waals surface area contributed by atoms with Crippen molar-refractivity contribution in [3.63, 3.8) is 0 Å². The molecule has 0 unspecified atom stereocenters. The number of ether oxygens (including phenoxy) is 1. The van der Waals surface area contributed by atoms with Gasteiger partial charge in [-0.15, -0.1) is 6.42 Å². The number of rotatable bonds is 12. The van der Waals surface area contributed by atoms with E-state index in [1.807, 2.05) is 13.0 Å². The van der Waals surface area contributed by atoms with E-state index in [4.69, 9.17) is 11.2 Å². The average molecular weight is 538 g/mol. The predicted octanol–water partition coefficient (Wildman–Crippen LogP) is 2.54. The number of fused-ring (bicyclic) bond motifs is 1. The molecule has 10 heteroatoms. The number of carbonyl (C=O) groups excluding carboxylic acids is 1. The number of nitrogens with one attached hydrogen (secondary N) is 2. The molecule has 0 radical (unpaired) electrons. The summed E-state index contributed by atoms with van der Waals surface area (Å²) in [5.41, 5.74) is 6.35. The molecule has 1 saturated heterocycles. The third-order valence-corrected chi connectivity index (χ3v) is 8.25. The fourth-order valence-electron chi connectivity index (χ4n) is 4.40. The number of piperazine rings is 1. The maximum Gasteiger partial charge on any atom is 0.268 e. The summed E-state index contributed by atoms with van der Waals surface area (Å²) in [7, 11) is -3.83. The number of terminal acetylenes is 1. The largest absolute Gasteiger partial charge is 0.494 e. The molecule has 1 aliphatic heterocycles. The van der Waals surface area contributed by atoms with E-state index in [1.54, 1.807) is 24.4 Å². The zero-order valence-electron chi connectivity index (χ0n) is 21.7. The van der Waals surface area contributed by atoms with Crippen LogP contribution in [0, 0.1) is 12.3 Å². The topological polar surface area (TPSA) is 95.9 Å². The van der Waals surface area contributed by atoms with Gasteiger partial charge in [0.1, 0.15) is 5.75 Å². The van der Waals surface area contributed by atoms with Crippen LogP contribution < -0.4 is 15.6 Å². The Balaban J connectivity index is 1.33. The summed E-state index contributed by atoms with van der Waals surface area (Å²) >= 11 is 0. The molecule has 2 aromatic carbocycles. The van der Waals surface area contributed by atoms with Crippen molar-refractivity contribution in [2.45, 2.75) is 24.7 Å². The number of hydrogen-bond donors (Lipinski definition) is 2. The smallest absolute Gasteiger partial charge is 0.268 e. The van der Waals surface area contributed by atoms with Gasteiger partial charge in [0, 0.05) is 56.4 Å². The van der Waals surface area contributed by atoms with Crippen LogP contribution in [-0.2, 0) is 10.0 Å². The average Bonchev–Trinajstić information content (AvgIpc) is 3.36. The van der Waals surface area contributed by atoms with Crippen LogP contribution in [0.3, 0.4) is 0 Å². The van der Waals surface area contributed by atoms with Crippen molar-refractivity contribution in [3.8, 4) is 18.1 Å². The van der Waals surface area contributed by atoms with Crippen LogP contribution in [0.2, 0.25) is 0 Å². The monoisotopic (exact) mass is 537 g/mol. The maximum absolute atomic E-state index is 13.3. The summed E-state index contributed by atoms with van der Waals surface area (Å²) in [5.74, 6) is 3.09. The van der Waals surface area contributed by atoms with Crippen LogP contribution in [0.4, 0.5) is 0 Å². The number of hydrogen-bond acceptors (Lipinski definition) is 7. The molecule has 0 saturated carbocycles. The van der Waals surface area contributed by atoms with Crippen molar-refractivity contribution in [2.24, 2.45) is 0 Å². The zero-order chi connectivity index (χ0) is 27.0. The van der Waals surface area contributed by atoms with Crippen LogP contribution in [0.1, 0.15) is 30.1 Å². The lowest BCUT2D eigenvalue weighted by Gasteiger charge is -2.33. The first kappa shape index (κ1) is 27.7. The van der Waals surface area contributed by atoms with Crippen LogP contribution in [-0.4, -0.2) is 80.5 Å². The molecule has 202 valence electrons. The van der Waals surface area contributed by atoms with E-state index in [1.165, 1.54) is 28.2 Å². The summed E-state index contributed by atoms with van der Waals surface area (Å²) in [6.07, 6.45) is 8.72. The normalized spacial score (nSPS) is 14.8. The Labute approximate surface area is 224 Å². The third kappa shape index (κ3) is 6.74. The van der Waals surface area contributed by atoms with Gasteiger partial charge >= 0.3 is 0 Å². The predicted molar refractivity (Wildman–Crippen MR) is 149 cm³/mol. The van der Waals surface area contributed by atoms with Crippen LogP contribution in [0.15, 0.2) is 59.6 Å². The van der Waals surface area contributed by atoms with E-state index < -0.39 is 10.0 Å². The highest BCUT2D eigenvalue weighted by Crippen LogP contribution is 2.26. The van der Waals surface area contributed by atoms with Gasteiger partial charge in [-0.1, -0.05) is 12.8 Å². The first-order chi connectivity index (χ1) is 18.4. The standard InChI is InChI=1S/C28H35N5O4S/c1-3-13-29-30-28(34)23-6-9-26(10-7-23)38(35,36)33-16-12-24-22-25(8-11-27(24)33)37-21-5-15-32-19-17-31(14-4-2)18-20-32/h2,6-12,16,22,29H,3,5,13-15,17-21H2,1H3,(H,30,34).